The van der Waals surface area contributed by atoms with Crippen molar-refractivity contribution in [3.05, 3.63) is 65.2 Å². The molecule has 0 bridgehead atoms. The van der Waals surface area contributed by atoms with Gasteiger partial charge in [0.2, 0.25) is 5.91 Å². The second-order valence-corrected chi connectivity index (χ2v) is 8.42. The molecule has 2 atom stereocenters. The topological polar surface area (TPSA) is 87.7 Å². The van der Waals surface area contributed by atoms with Crippen LogP contribution in [-0.2, 0) is 15.1 Å². The first-order valence-electron chi connectivity index (χ1n) is 10.5. The highest BCUT2D eigenvalue weighted by molar-refractivity contribution is 6.09. The molecule has 4 rings (SSSR count). The lowest BCUT2D eigenvalue weighted by molar-refractivity contribution is -0.135. The Morgan fingerprint density at radius 1 is 1.19 bits per heavy atom. The van der Waals surface area contributed by atoms with Gasteiger partial charge in [-0.1, -0.05) is 36.4 Å². The number of amides is 4. The molecule has 1 heterocycles. The molecule has 7 nitrogen and oxygen atoms in total. The molecule has 1 saturated carbocycles. The Kier molecular flexibility index (Phi) is 5.43. The van der Waals surface area contributed by atoms with Crippen molar-refractivity contribution < 1.29 is 19.1 Å². The normalized spacial score (nSPS) is 21.6. The van der Waals surface area contributed by atoms with Gasteiger partial charge >= 0.3 is 6.03 Å². The van der Waals surface area contributed by atoms with Crippen LogP contribution in [0.25, 0.3) is 0 Å². The first-order chi connectivity index (χ1) is 14.8. The Morgan fingerprint density at radius 2 is 1.87 bits per heavy atom. The number of nitrogens with zero attached hydrogens (tertiary/aromatic N) is 1. The number of ether oxygens (including phenoxy) is 1. The number of nitrogens with one attached hydrogen (secondary N) is 2. The molecule has 7 heteroatoms. The van der Waals surface area contributed by atoms with Crippen LogP contribution in [-0.4, -0.2) is 36.4 Å². The van der Waals surface area contributed by atoms with E-state index in [1.165, 1.54) is 0 Å². The van der Waals surface area contributed by atoms with Crippen LogP contribution in [0.1, 0.15) is 42.5 Å². The molecule has 2 fully saturated rings. The summed E-state index contributed by atoms with van der Waals surface area (Å²) < 4.78 is 5.21. The summed E-state index contributed by atoms with van der Waals surface area (Å²) in [7, 11) is 1.61. The third-order valence-electron chi connectivity index (χ3n) is 6.15. The summed E-state index contributed by atoms with van der Waals surface area (Å²) >= 11 is 0. The van der Waals surface area contributed by atoms with Crippen molar-refractivity contribution in [3.8, 4) is 5.75 Å². The van der Waals surface area contributed by atoms with E-state index in [0.717, 1.165) is 40.2 Å². The number of hydrogen-bond acceptors (Lipinski definition) is 4. The molecule has 2 unspecified atom stereocenters. The second kappa shape index (κ2) is 8.06. The van der Waals surface area contributed by atoms with E-state index in [9.17, 15) is 14.4 Å². The number of benzene rings is 2. The average Bonchev–Trinajstić information content (AvgIpc) is 3.57. The standard InChI is InChI=1S/C24H27N3O4/c1-15-6-4-5-7-19(15)24(2)22(29)27(23(30)26-24)14-20(28)25-21(16-8-9-16)17-10-12-18(31-3)13-11-17/h4-7,10-13,16,21H,8-9,14H2,1-3H3,(H,25,28)(H,26,30). The molecule has 0 spiro atoms. The molecule has 0 radical (unpaired) electrons. The fraction of sp³-hybridized carbons (Fsp3) is 0.375. The number of hydrogen-bond donors (Lipinski definition) is 2. The average molecular weight is 421 g/mol. The number of imide groups is 1. The van der Waals surface area contributed by atoms with Gasteiger partial charge in [0.1, 0.15) is 17.8 Å². The molecule has 162 valence electrons. The van der Waals surface area contributed by atoms with Crippen molar-refractivity contribution in [1.82, 2.24) is 15.5 Å². The molecule has 2 aliphatic rings. The van der Waals surface area contributed by atoms with E-state index in [-0.39, 0.29) is 18.5 Å². The lowest BCUT2D eigenvalue weighted by Gasteiger charge is -2.24. The number of rotatable bonds is 7. The van der Waals surface area contributed by atoms with Crippen molar-refractivity contribution in [2.45, 2.75) is 38.3 Å². The van der Waals surface area contributed by atoms with Gasteiger partial charge in [-0.3, -0.25) is 14.5 Å². The predicted molar refractivity (Wildman–Crippen MR) is 115 cm³/mol. The van der Waals surface area contributed by atoms with Crippen LogP contribution in [0.5, 0.6) is 5.75 Å². The molecule has 2 aromatic rings. The van der Waals surface area contributed by atoms with Crippen LogP contribution in [0.15, 0.2) is 48.5 Å². The van der Waals surface area contributed by atoms with Gasteiger partial charge in [-0.25, -0.2) is 4.79 Å². The van der Waals surface area contributed by atoms with Gasteiger partial charge in [-0.15, -0.1) is 0 Å². The zero-order valence-corrected chi connectivity index (χ0v) is 18.0. The van der Waals surface area contributed by atoms with E-state index in [2.05, 4.69) is 10.6 Å². The first kappa shape index (κ1) is 20.9. The Bertz CT molecular complexity index is 1020. The quantitative estimate of drug-likeness (QED) is 0.673. The third kappa shape index (κ3) is 4.00. The van der Waals surface area contributed by atoms with Crippen LogP contribution in [0.4, 0.5) is 4.79 Å². The van der Waals surface area contributed by atoms with Gasteiger partial charge in [-0.05, 0) is 61.4 Å². The zero-order chi connectivity index (χ0) is 22.2. The van der Waals surface area contributed by atoms with Crippen molar-refractivity contribution in [3.63, 3.8) is 0 Å². The Hall–Kier alpha value is -3.35. The molecule has 0 aromatic heterocycles. The van der Waals surface area contributed by atoms with Gasteiger partial charge in [0.05, 0.1) is 13.2 Å². The van der Waals surface area contributed by atoms with Crippen LogP contribution >= 0.6 is 0 Å². The van der Waals surface area contributed by atoms with E-state index in [1.807, 2.05) is 55.5 Å². The number of carbonyl (C=O) groups excluding carboxylic acids is 3. The molecule has 2 N–H and O–H groups in total. The molecule has 31 heavy (non-hydrogen) atoms. The van der Waals surface area contributed by atoms with E-state index in [1.54, 1.807) is 14.0 Å². The second-order valence-electron chi connectivity index (χ2n) is 8.42. The number of aryl methyl sites for hydroxylation is 1. The summed E-state index contributed by atoms with van der Waals surface area (Å²) in [6, 6.07) is 14.3. The highest BCUT2D eigenvalue weighted by Gasteiger charge is 2.50. The zero-order valence-electron chi connectivity index (χ0n) is 18.0. The minimum atomic E-state index is -1.19. The van der Waals surface area contributed by atoms with E-state index < -0.39 is 17.5 Å². The van der Waals surface area contributed by atoms with Crippen molar-refractivity contribution in [1.29, 1.82) is 0 Å². The SMILES string of the molecule is COc1ccc(C(NC(=O)CN2C(=O)NC(C)(c3ccccc3C)C2=O)C2CC2)cc1. The summed E-state index contributed by atoms with van der Waals surface area (Å²) in [5.74, 6) is 0.330. The first-order valence-corrected chi connectivity index (χ1v) is 10.5. The maximum atomic E-state index is 13.1. The van der Waals surface area contributed by atoms with Crippen LogP contribution in [0.2, 0.25) is 0 Å². The predicted octanol–water partition coefficient (Wildman–Crippen LogP) is 3.04. The van der Waals surface area contributed by atoms with E-state index in [0.29, 0.717) is 5.92 Å². The number of methoxy groups -OCH3 is 1. The van der Waals surface area contributed by atoms with E-state index >= 15 is 0 Å². The van der Waals surface area contributed by atoms with Crippen LogP contribution < -0.4 is 15.4 Å². The van der Waals surface area contributed by atoms with Crippen LogP contribution in [0.3, 0.4) is 0 Å². The van der Waals surface area contributed by atoms with Crippen LogP contribution in [0, 0.1) is 12.8 Å². The Morgan fingerprint density at radius 3 is 2.48 bits per heavy atom. The summed E-state index contributed by atoms with van der Waals surface area (Å²) in [6.07, 6.45) is 2.07. The highest BCUT2D eigenvalue weighted by atomic mass is 16.5. The largest absolute Gasteiger partial charge is 0.497 e. The van der Waals surface area contributed by atoms with Crippen molar-refractivity contribution in [2.24, 2.45) is 5.92 Å². The molecule has 1 aliphatic heterocycles. The van der Waals surface area contributed by atoms with E-state index in [4.69, 9.17) is 4.74 Å². The van der Waals surface area contributed by atoms with Crippen molar-refractivity contribution in [2.75, 3.05) is 13.7 Å². The number of carbonyl (C=O) groups is 3. The van der Waals surface area contributed by atoms with Gasteiger partial charge in [0.15, 0.2) is 0 Å². The Labute approximate surface area is 181 Å². The molecule has 1 saturated heterocycles. The summed E-state index contributed by atoms with van der Waals surface area (Å²) in [6.45, 7) is 3.26. The van der Waals surface area contributed by atoms with Crippen molar-refractivity contribution >= 4 is 17.8 Å². The maximum Gasteiger partial charge on any atom is 0.325 e. The summed E-state index contributed by atoms with van der Waals surface area (Å²) in [5, 5.41) is 5.79. The molecular weight excluding hydrogens is 394 g/mol. The molecular formula is C24H27N3O4. The highest BCUT2D eigenvalue weighted by Crippen LogP contribution is 2.41. The van der Waals surface area contributed by atoms with Gasteiger partial charge in [-0.2, -0.15) is 0 Å². The molecule has 4 amide bonds. The fourth-order valence-corrected chi connectivity index (χ4v) is 4.23. The third-order valence-corrected chi connectivity index (χ3v) is 6.15. The van der Waals surface area contributed by atoms with Gasteiger partial charge in [0, 0.05) is 0 Å². The smallest absolute Gasteiger partial charge is 0.325 e. The minimum Gasteiger partial charge on any atom is -0.497 e. The lowest BCUT2D eigenvalue weighted by Crippen LogP contribution is -2.44. The maximum absolute atomic E-state index is 13.1. The fourth-order valence-electron chi connectivity index (χ4n) is 4.23. The monoisotopic (exact) mass is 421 g/mol. The molecule has 2 aromatic carbocycles. The van der Waals surface area contributed by atoms with Gasteiger partial charge < -0.3 is 15.4 Å². The number of urea groups is 1. The Balaban J connectivity index is 1.48. The minimum absolute atomic E-state index is 0.151. The molecule has 1 aliphatic carbocycles. The van der Waals surface area contributed by atoms with Gasteiger partial charge in [0.25, 0.3) is 5.91 Å². The lowest BCUT2D eigenvalue weighted by atomic mass is 9.88. The summed E-state index contributed by atoms with van der Waals surface area (Å²) in [4.78, 5) is 39.6. The summed E-state index contributed by atoms with van der Waals surface area (Å²) in [5.41, 5.74) is 1.43.